The number of nitrogens with two attached hydrogens (primary N) is 1. The SMILES string of the molecule is NCc1cc(F)ccc1-c1cc(F)cc(Cl)c1. The van der Waals surface area contributed by atoms with Crippen LogP contribution in [0.3, 0.4) is 0 Å². The Bertz CT molecular complexity index is 535. The Hall–Kier alpha value is -1.45. The van der Waals surface area contributed by atoms with Gasteiger partial charge in [-0.15, -0.1) is 0 Å². The van der Waals surface area contributed by atoms with E-state index in [1.54, 1.807) is 12.1 Å². The average Bonchev–Trinajstić information content (AvgIpc) is 2.27. The summed E-state index contributed by atoms with van der Waals surface area (Å²) >= 11 is 5.78. The highest BCUT2D eigenvalue weighted by Crippen LogP contribution is 2.27. The zero-order valence-corrected chi connectivity index (χ0v) is 9.64. The fraction of sp³-hybridized carbons (Fsp3) is 0.0769. The molecule has 1 nitrogen and oxygen atoms in total. The van der Waals surface area contributed by atoms with Crippen molar-refractivity contribution in [2.45, 2.75) is 6.54 Å². The molecule has 2 rings (SSSR count). The van der Waals surface area contributed by atoms with E-state index < -0.39 is 5.82 Å². The summed E-state index contributed by atoms with van der Waals surface area (Å²) in [6.45, 7) is 0.182. The van der Waals surface area contributed by atoms with Crippen LogP contribution in [0.25, 0.3) is 11.1 Å². The van der Waals surface area contributed by atoms with Crippen molar-refractivity contribution >= 4 is 11.6 Å². The van der Waals surface area contributed by atoms with Crippen LogP contribution in [0.5, 0.6) is 0 Å². The Labute approximate surface area is 103 Å². The van der Waals surface area contributed by atoms with Crippen LogP contribution in [0.1, 0.15) is 5.56 Å². The van der Waals surface area contributed by atoms with Gasteiger partial charge >= 0.3 is 0 Å². The van der Waals surface area contributed by atoms with Crippen molar-refractivity contribution in [1.82, 2.24) is 0 Å². The van der Waals surface area contributed by atoms with E-state index in [0.717, 1.165) is 0 Å². The van der Waals surface area contributed by atoms with Gasteiger partial charge in [0, 0.05) is 11.6 Å². The first-order chi connectivity index (χ1) is 8.10. The normalized spacial score (nSPS) is 10.6. The number of benzene rings is 2. The summed E-state index contributed by atoms with van der Waals surface area (Å²) in [4.78, 5) is 0. The molecule has 2 N–H and O–H groups in total. The van der Waals surface area contributed by atoms with Gasteiger partial charge in [-0.25, -0.2) is 8.78 Å². The lowest BCUT2D eigenvalue weighted by molar-refractivity contribution is 0.625. The Morgan fingerprint density at radius 2 is 1.76 bits per heavy atom. The lowest BCUT2D eigenvalue weighted by Gasteiger charge is -2.08. The Morgan fingerprint density at radius 3 is 2.41 bits per heavy atom. The third-order valence-electron chi connectivity index (χ3n) is 2.46. The van der Waals surface area contributed by atoms with Gasteiger partial charge in [-0.05, 0) is 47.0 Å². The number of halogens is 3. The monoisotopic (exact) mass is 253 g/mol. The summed E-state index contributed by atoms with van der Waals surface area (Å²) in [5, 5.41) is 0.298. The lowest BCUT2D eigenvalue weighted by atomic mass is 9.99. The minimum atomic E-state index is -0.431. The van der Waals surface area contributed by atoms with Crippen LogP contribution in [-0.4, -0.2) is 0 Å². The predicted molar refractivity (Wildman–Crippen MR) is 64.7 cm³/mol. The molecule has 0 unspecified atom stereocenters. The molecule has 0 heterocycles. The van der Waals surface area contributed by atoms with E-state index in [-0.39, 0.29) is 12.4 Å². The molecule has 0 aromatic heterocycles. The quantitative estimate of drug-likeness (QED) is 0.867. The minimum absolute atomic E-state index is 0.182. The summed E-state index contributed by atoms with van der Waals surface area (Å²) < 4.78 is 26.3. The zero-order chi connectivity index (χ0) is 12.4. The van der Waals surface area contributed by atoms with E-state index in [4.69, 9.17) is 17.3 Å². The van der Waals surface area contributed by atoms with Crippen LogP contribution in [0.2, 0.25) is 5.02 Å². The second kappa shape index (κ2) is 4.82. The van der Waals surface area contributed by atoms with Gasteiger partial charge in [-0.1, -0.05) is 17.7 Å². The maximum absolute atomic E-state index is 13.2. The highest BCUT2D eigenvalue weighted by molar-refractivity contribution is 6.30. The first-order valence-corrected chi connectivity index (χ1v) is 5.43. The molecule has 0 amide bonds. The van der Waals surface area contributed by atoms with Gasteiger partial charge in [0.15, 0.2) is 0 Å². The van der Waals surface area contributed by atoms with Crippen molar-refractivity contribution in [2.75, 3.05) is 0 Å². The van der Waals surface area contributed by atoms with E-state index >= 15 is 0 Å². The second-order valence-corrected chi connectivity index (χ2v) is 4.10. The molecular weight excluding hydrogens is 244 g/mol. The molecule has 88 valence electrons. The molecule has 0 atom stereocenters. The highest BCUT2D eigenvalue weighted by atomic mass is 35.5. The molecule has 0 saturated heterocycles. The van der Waals surface area contributed by atoms with Crippen LogP contribution in [0.4, 0.5) is 8.78 Å². The molecule has 2 aromatic carbocycles. The third-order valence-corrected chi connectivity index (χ3v) is 2.68. The lowest BCUT2D eigenvalue weighted by Crippen LogP contribution is -2.00. The Kier molecular flexibility index (Phi) is 3.41. The number of hydrogen-bond donors (Lipinski definition) is 1. The van der Waals surface area contributed by atoms with E-state index in [2.05, 4.69) is 0 Å². The van der Waals surface area contributed by atoms with Crippen LogP contribution in [0, 0.1) is 11.6 Å². The fourth-order valence-electron chi connectivity index (χ4n) is 1.72. The Balaban J connectivity index is 2.59. The van der Waals surface area contributed by atoms with Crippen molar-refractivity contribution in [3.8, 4) is 11.1 Å². The van der Waals surface area contributed by atoms with E-state index in [0.29, 0.717) is 21.7 Å². The highest BCUT2D eigenvalue weighted by Gasteiger charge is 2.07. The summed E-state index contributed by atoms with van der Waals surface area (Å²) in [7, 11) is 0. The molecule has 0 radical (unpaired) electrons. The minimum Gasteiger partial charge on any atom is -0.326 e. The molecule has 0 bridgehead atoms. The van der Waals surface area contributed by atoms with Gasteiger partial charge in [-0.2, -0.15) is 0 Å². The van der Waals surface area contributed by atoms with E-state index in [1.807, 2.05) is 0 Å². The van der Waals surface area contributed by atoms with E-state index in [1.165, 1.54) is 24.3 Å². The topological polar surface area (TPSA) is 26.0 Å². The van der Waals surface area contributed by atoms with Gasteiger partial charge in [0.2, 0.25) is 0 Å². The third kappa shape index (κ3) is 2.62. The standard InChI is InChI=1S/C13H10ClF2N/c14-10-3-8(4-12(16)6-10)13-2-1-11(15)5-9(13)7-17/h1-6H,7,17H2. The maximum Gasteiger partial charge on any atom is 0.125 e. The van der Waals surface area contributed by atoms with Gasteiger partial charge in [0.25, 0.3) is 0 Å². The van der Waals surface area contributed by atoms with Gasteiger partial charge in [0.05, 0.1) is 0 Å². The zero-order valence-electron chi connectivity index (χ0n) is 8.88. The van der Waals surface area contributed by atoms with Gasteiger partial charge in [-0.3, -0.25) is 0 Å². The summed E-state index contributed by atoms with van der Waals surface area (Å²) in [5.41, 5.74) is 7.44. The molecule has 2 aromatic rings. The van der Waals surface area contributed by atoms with Crippen molar-refractivity contribution in [3.05, 3.63) is 58.6 Å². The number of rotatable bonds is 2. The van der Waals surface area contributed by atoms with Crippen molar-refractivity contribution in [1.29, 1.82) is 0 Å². The predicted octanol–water partition coefficient (Wildman–Crippen LogP) is 3.74. The molecule has 17 heavy (non-hydrogen) atoms. The summed E-state index contributed by atoms with van der Waals surface area (Å²) in [6, 6.07) is 8.41. The molecule has 0 aliphatic rings. The van der Waals surface area contributed by atoms with E-state index in [9.17, 15) is 8.78 Å². The molecule has 0 fully saturated rings. The van der Waals surface area contributed by atoms with Crippen LogP contribution in [0.15, 0.2) is 36.4 Å². The molecule has 0 spiro atoms. The molecule has 0 aliphatic heterocycles. The van der Waals surface area contributed by atoms with Crippen molar-refractivity contribution in [2.24, 2.45) is 5.73 Å². The average molecular weight is 254 g/mol. The fourth-order valence-corrected chi connectivity index (χ4v) is 1.94. The Morgan fingerprint density at radius 1 is 1.00 bits per heavy atom. The molecule has 4 heteroatoms. The van der Waals surface area contributed by atoms with Crippen molar-refractivity contribution < 1.29 is 8.78 Å². The summed E-state index contributed by atoms with van der Waals surface area (Å²) in [6.07, 6.45) is 0. The summed E-state index contributed by atoms with van der Waals surface area (Å²) in [5.74, 6) is -0.795. The second-order valence-electron chi connectivity index (χ2n) is 3.66. The first-order valence-electron chi connectivity index (χ1n) is 5.05. The van der Waals surface area contributed by atoms with Gasteiger partial charge < -0.3 is 5.73 Å². The largest absolute Gasteiger partial charge is 0.326 e. The van der Waals surface area contributed by atoms with Crippen LogP contribution >= 0.6 is 11.6 Å². The smallest absolute Gasteiger partial charge is 0.125 e. The molecule has 0 aliphatic carbocycles. The van der Waals surface area contributed by atoms with Gasteiger partial charge in [0.1, 0.15) is 11.6 Å². The molecular formula is C13H10ClF2N. The van der Waals surface area contributed by atoms with Crippen LogP contribution < -0.4 is 5.73 Å². The molecule has 0 saturated carbocycles. The van der Waals surface area contributed by atoms with Crippen LogP contribution in [-0.2, 0) is 6.54 Å². The number of hydrogen-bond acceptors (Lipinski definition) is 1. The maximum atomic E-state index is 13.2. The van der Waals surface area contributed by atoms with Crippen molar-refractivity contribution in [3.63, 3.8) is 0 Å². The first kappa shape index (κ1) is 12.0.